The van der Waals surface area contributed by atoms with E-state index in [9.17, 15) is 5.11 Å². The van der Waals surface area contributed by atoms with Crippen molar-refractivity contribution in [2.75, 3.05) is 6.61 Å². The average Bonchev–Trinajstić information content (AvgIpc) is 2.41. The number of aliphatic hydroxyl groups excluding tert-OH is 2. The molecule has 2 N–H and O–H groups in total. The number of rotatable bonds is 8. The van der Waals surface area contributed by atoms with Gasteiger partial charge in [0, 0.05) is 0 Å². The van der Waals surface area contributed by atoms with Crippen LogP contribution in [0.25, 0.3) is 0 Å². The van der Waals surface area contributed by atoms with E-state index < -0.39 is 6.10 Å². The number of allylic oxidation sites excluding steroid dienone is 2. The molecule has 0 bridgehead atoms. The third-order valence-corrected chi connectivity index (χ3v) is 2.45. The van der Waals surface area contributed by atoms with Crippen LogP contribution in [0, 0.1) is 23.7 Å². The van der Waals surface area contributed by atoms with Gasteiger partial charge in [0.25, 0.3) is 0 Å². The Labute approximate surface area is 117 Å². The average molecular weight is 260 g/mol. The summed E-state index contributed by atoms with van der Waals surface area (Å²) in [5.74, 6) is 10.4. The minimum Gasteiger partial charge on any atom is -0.392 e. The molecule has 1 atom stereocenters. The fourth-order valence-corrected chi connectivity index (χ4v) is 1.44. The molecule has 2 heteroatoms. The van der Waals surface area contributed by atoms with Crippen molar-refractivity contribution in [2.24, 2.45) is 0 Å². The maximum Gasteiger partial charge on any atom is 0.134 e. The highest BCUT2D eigenvalue weighted by atomic mass is 16.3. The monoisotopic (exact) mass is 260 g/mol. The predicted octanol–water partition coefficient (Wildman–Crippen LogP) is 2.82. The largest absolute Gasteiger partial charge is 0.392 e. The Morgan fingerprint density at radius 2 is 1.84 bits per heavy atom. The molecule has 0 saturated carbocycles. The first-order valence-corrected chi connectivity index (χ1v) is 6.93. The SMILES string of the molecule is CCCCCCCC=C[C@H](O)C#CC#CC=CCO. The molecule has 104 valence electrons. The van der Waals surface area contributed by atoms with E-state index in [0.717, 1.165) is 6.42 Å². The molecule has 0 amide bonds. The molecular formula is C17H24O2. The van der Waals surface area contributed by atoms with Gasteiger partial charge in [0.1, 0.15) is 6.10 Å². The van der Waals surface area contributed by atoms with Crippen LogP contribution in [0.4, 0.5) is 0 Å². The summed E-state index contributed by atoms with van der Waals surface area (Å²) in [6, 6.07) is 0. The van der Waals surface area contributed by atoms with Crippen LogP contribution in [-0.4, -0.2) is 22.9 Å². The van der Waals surface area contributed by atoms with Crippen molar-refractivity contribution in [3.8, 4) is 23.7 Å². The van der Waals surface area contributed by atoms with E-state index in [1.165, 1.54) is 44.3 Å². The molecule has 0 aromatic rings. The molecule has 0 unspecified atom stereocenters. The molecule has 0 aliphatic carbocycles. The molecule has 0 fully saturated rings. The van der Waals surface area contributed by atoms with Crippen molar-refractivity contribution in [1.29, 1.82) is 0 Å². The normalized spacial score (nSPS) is 11.9. The van der Waals surface area contributed by atoms with Gasteiger partial charge in [0.2, 0.25) is 0 Å². The Bertz CT molecular complexity index is 372. The molecule has 0 aromatic heterocycles. The molecule has 0 heterocycles. The summed E-state index contributed by atoms with van der Waals surface area (Å²) < 4.78 is 0. The van der Waals surface area contributed by atoms with Gasteiger partial charge in [-0.2, -0.15) is 0 Å². The van der Waals surface area contributed by atoms with E-state index in [2.05, 4.69) is 30.6 Å². The van der Waals surface area contributed by atoms with Crippen LogP contribution in [0.3, 0.4) is 0 Å². The summed E-state index contributed by atoms with van der Waals surface area (Å²) in [6.45, 7) is 2.18. The lowest BCUT2D eigenvalue weighted by atomic mass is 10.1. The standard InChI is InChI=1S/C17H24O2/c1-2-3-4-5-6-8-11-14-17(19)15-12-9-7-10-13-16-18/h10-11,13-14,17-19H,2-6,8,16H2,1H3/t17-/m0/s1. The van der Waals surface area contributed by atoms with E-state index >= 15 is 0 Å². The fraction of sp³-hybridized carbons (Fsp3) is 0.529. The van der Waals surface area contributed by atoms with Crippen molar-refractivity contribution < 1.29 is 10.2 Å². The molecule has 0 aliphatic rings. The summed E-state index contributed by atoms with van der Waals surface area (Å²) in [7, 11) is 0. The highest BCUT2D eigenvalue weighted by molar-refractivity contribution is 5.32. The van der Waals surface area contributed by atoms with Crippen LogP contribution < -0.4 is 0 Å². The van der Waals surface area contributed by atoms with Gasteiger partial charge in [-0.25, -0.2) is 0 Å². The Morgan fingerprint density at radius 1 is 1.05 bits per heavy atom. The molecular weight excluding hydrogens is 236 g/mol. The molecule has 0 aromatic carbocycles. The smallest absolute Gasteiger partial charge is 0.134 e. The zero-order valence-corrected chi connectivity index (χ0v) is 11.7. The second-order valence-corrected chi connectivity index (χ2v) is 4.20. The van der Waals surface area contributed by atoms with Crippen molar-refractivity contribution in [3.05, 3.63) is 24.3 Å². The lowest BCUT2D eigenvalue weighted by Crippen LogP contribution is -1.96. The second-order valence-electron chi connectivity index (χ2n) is 4.20. The topological polar surface area (TPSA) is 40.5 Å². The Balaban J connectivity index is 3.72. The van der Waals surface area contributed by atoms with E-state index in [-0.39, 0.29) is 6.61 Å². The van der Waals surface area contributed by atoms with Gasteiger partial charge >= 0.3 is 0 Å². The van der Waals surface area contributed by atoms with Crippen LogP contribution in [0.5, 0.6) is 0 Å². The minimum absolute atomic E-state index is 0.0221. The number of unbranched alkanes of at least 4 members (excludes halogenated alkanes) is 5. The van der Waals surface area contributed by atoms with E-state index in [0.29, 0.717) is 0 Å². The lowest BCUT2D eigenvalue weighted by molar-refractivity contribution is 0.280. The molecule has 0 radical (unpaired) electrons. The van der Waals surface area contributed by atoms with Gasteiger partial charge in [0.05, 0.1) is 6.61 Å². The maximum absolute atomic E-state index is 9.51. The summed E-state index contributed by atoms with van der Waals surface area (Å²) in [4.78, 5) is 0. The summed E-state index contributed by atoms with van der Waals surface area (Å²) in [6.07, 6.45) is 13.3. The van der Waals surface area contributed by atoms with Crippen molar-refractivity contribution in [2.45, 2.75) is 51.6 Å². The van der Waals surface area contributed by atoms with E-state index in [1.54, 1.807) is 6.08 Å². The van der Waals surface area contributed by atoms with E-state index in [1.807, 2.05) is 6.08 Å². The third-order valence-electron chi connectivity index (χ3n) is 2.45. The molecule has 0 saturated heterocycles. The van der Waals surface area contributed by atoms with Crippen LogP contribution in [0.1, 0.15) is 45.4 Å². The second kappa shape index (κ2) is 14.6. The van der Waals surface area contributed by atoms with Gasteiger partial charge in [-0.15, -0.1) is 0 Å². The van der Waals surface area contributed by atoms with Gasteiger partial charge < -0.3 is 10.2 Å². The fourth-order valence-electron chi connectivity index (χ4n) is 1.44. The number of hydrogen-bond acceptors (Lipinski definition) is 2. The van der Waals surface area contributed by atoms with Crippen molar-refractivity contribution >= 4 is 0 Å². The van der Waals surface area contributed by atoms with Gasteiger partial charge in [0.15, 0.2) is 0 Å². The van der Waals surface area contributed by atoms with Crippen LogP contribution in [0.2, 0.25) is 0 Å². The first-order chi connectivity index (χ1) is 9.31. The number of aliphatic hydroxyl groups is 2. The molecule has 0 rings (SSSR count). The highest BCUT2D eigenvalue weighted by Crippen LogP contribution is 2.05. The first kappa shape index (κ1) is 17.5. The van der Waals surface area contributed by atoms with Gasteiger partial charge in [-0.1, -0.05) is 56.6 Å². The van der Waals surface area contributed by atoms with Crippen molar-refractivity contribution in [1.82, 2.24) is 0 Å². The lowest BCUT2D eigenvalue weighted by Gasteiger charge is -1.96. The molecule has 19 heavy (non-hydrogen) atoms. The predicted molar refractivity (Wildman–Crippen MR) is 80.3 cm³/mol. The summed E-state index contributed by atoms with van der Waals surface area (Å²) >= 11 is 0. The summed E-state index contributed by atoms with van der Waals surface area (Å²) in [5.41, 5.74) is 0. The van der Waals surface area contributed by atoms with E-state index in [4.69, 9.17) is 5.11 Å². The summed E-state index contributed by atoms with van der Waals surface area (Å²) in [5, 5.41) is 18.0. The van der Waals surface area contributed by atoms with Crippen LogP contribution in [0.15, 0.2) is 24.3 Å². The minimum atomic E-state index is -0.744. The first-order valence-electron chi connectivity index (χ1n) is 6.93. The molecule has 0 aliphatic heterocycles. The molecule has 0 spiro atoms. The Morgan fingerprint density at radius 3 is 2.58 bits per heavy atom. The van der Waals surface area contributed by atoms with Crippen molar-refractivity contribution in [3.63, 3.8) is 0 Å². The number of hydrogen-bond donors (Lipinski definition) is 2. The molecule has 2 nitrogen and oxygen atoms in total. The Hall–Kier alpha value is -1.48. The Kier molecular flexibility index (Phi) is 13.4. The van der Waals surface area contributed by atoms with Gasteiger partial charge in [-0.3, -0.25) is 0 Å². The zero-order valence-electron chi connectivity index (χ0n) is 11.7. The van der Waals surface area contributed by atoms with Gasteiger partial charge in [-0.05, 0) is 36.8 Å². The van der Waals surface area contributed by atoms with Crippen LogP contribution in [-0.2, 0) is 0 Å². The highest BCUT2D eigenvalue weighted by Gasteiger charge is 1.90. The maximum atomic E-state index is 9.51. The third kappa shape index (κ3) is 14.5. The van der Waals surface area contributed by atoms with Crippen LogP contribution >= 0.6 is 0 Å². The quantitative estimate of drug-likeness (QED) is 0.400. The zero-order chi connectivity index (χ0) is 14.2.